The first kappa shape index (κ1) is 15.5. The predicted octanol–water partition coefficient (Wildman–Crippen LogP) is 2.48. The fraction of sp³-hybridized carbons (Fsp3) is 0.200. The topological polar surface area (TPSA) is 79.1 Å². The van der Waals surface area contributed by atoms with E-state index in [1.165, 1.54) is 31.5 Å². The van der Waals surface area contributed by atoms with Gasteiger partial charge in [-0.1, -0.05) is 18.2 Å². The van der Waals surface area contributed by atoms with E-state index < -0.39 is 5.97 Å². The average molecular weight is 275 g/mol. The Kier molecular flexibility index (Phi) is 6.03. The van der Waals surface area contributed by atoms with Crippen LogP contribution in [0.2, 0.25) is 0 Å². The summed E-state index contributed by atoms with van der Waals surface area (Å²) in [5.74, 6) is -0.732. The highest BCUT2D eigenvalue weighted by Gasteiger charge is 2.11. The number of aliphatic imine (C=N–C) groups is 1. The van der Waals surface area contributed by atoms with Crippen molar-refractivity contribution in [1.82, 2.24) is 0 Å². The zero-order valence-corrected chi connectivity index (χ0v) is 11.4. The minimum atomic E-state index is -0.657. The van der Waals surface area contributed by atoms with Crippen LogP contribution in [0.1, 0.15) is 12.5 Å². The number of carbonyl (C=O) groups is 1. The van der Waals surface area contributed by atoms with Crippen LogP contribution >= 0.6 is 0 Å². The van der Waals surface area contributed by atoms with Gasteiger partial charge < -0.3 is 14.9 Å². The molecule has 1 rings (SSSR count). The van der Waals surface area contributed by atoms with E-state index in [-0.39, 0.29) is 17.1 Å². The molecule has 1 aromatic rings. The molecule has 0 radical (unpaired) electrons. The van der Waals surface area contributed by atoms with Crippen LogP contribution < -0.4 is 0 Å². The molecule has 0 fully saturated rings. The van der Waals surface area contributed by atoms with Crippen molar-refractivity contribution in [3.05, 3.63) is 47.2 Å². The average Bonchev–Trinajstić information content (AvgIpc) is 2.46. The van der Waals surface area contributed by atoms with E-state index in [1.807, 2.05) is 6.92 Å². The summed E-state index contributed by atoms with van der Waals surface area (Å²) in [5.41, 5.74) is 0.760. The lowest BCUT2D eigenvalue weighted by molar-refractivity contribution is -0.135. The molecule has 0 aliphatic heterocycles. The zero-order valence-electron chi connectivity index (χ0n) is 11.4. The number of aliphatic hydroxyl groups excluding tert-OH is 1. The quantitative estimate of drug-likeness (QED) is 0.284. The third kappa shape index (κ3) is 4.61. The van der Waals surface area contributed by atoms with Crippen molar-refractivity contribution in [2.24, 2.45) is 4.99 Å². The summed E-state index contributed by atoms with van der Waals surface area (Å²) < 4.78 is 4.58. The number of phenolic OH excluding ortho intramolecular Hbond substituents is 1. The number of rotatable bonds is 5. The monoisotopic (exact) mass is 275 g/mol. The van der Waals surface area contributed by atoms with Gasteiger partial charge in [-0.3, -0.25) is 4.99 Å². The molecule has 0 saturated carbocycles. The van der Waals surface area contributed by atoms with E-state index in [2.05, 4.69) is 9.73 Å². The molecule has 0 heterocycles. The summed E-state index contributed by atoms with van der Waals surface area (Å²) in [5, 5.41) is 19.1. The molecule has 0 aromatic heterocycles. The van der Waals surface area contributed by atoms with Crippen molar-refractivity contribution >= 4 is 18.3 Å². The first-order chi connectivity index (χ1) is 9.58. The number of methoxy groups -OCH3 is 1. The molecule has 5 heteroatoms. The Morgan fingerprint density at radius 2 is 2.00 bits per heavy atom. The van der Waals surface area contributed by atoms with Crippen molar-refractivity contribution in [2.75, 3.05) is 13.7 Å². The van der Waals surface area contributed by atoms with Gasteiger partial charge in [0.2, 0.25) is 0 Å². The van der Waals surface area contributed by atoms with Crippen LogP contribution in [0, 0.1) is 0 Å². The molecule has 5 nitrogen and oxygen atoms in total. The first-order valence-electron chi connectivity index (χ1n) is 6.07. The number of hydrogen-bond acceptors (Lipinski definition) is 5. The summed E-state index contributed by atoms with van der Waals surface area (Å²) in [6, 6.07) is 6.41. The van der Waals surface area contributed by atoms with Gasteiger partial charge in [0, 0.05) is 12.8 Å². The zero-order chi connectivity index (χ0) is 15.0. The van der Waals surface area contributed by atoms with E-state index in [0.29, 0.717) is 6.54 Å². The van der Waals surface area contributed by atoms with Gasteiger partial charge in [0.25, 0.3) is 0 Å². The maximum Gasteiger partial charge on any atom is 0.343 e. The van der Waals surface area contributed by atoms with Gasteiger partial charge in [-0.25, -0.2) is 4.79 Å². The molecule has 20 heavy (non-hydrogen) atoms. The van der Waals surface area contributed by atoms with E-state index in [4.69, 9.17) is 5.11 Å². The molecule has 0 spiro atoms. The SMILES string of the molecule is CCN=C/C(C(=O)OC)=C(\O)C=Cc1ccc(O)cc1. The Balaban J connectivity index is 3.00. The predicted molar refractivity (Wildman–Crippen MR) is 77.8 cm³/mol. The van der Waals surface area contributed by atoms with Crippen molar-refractivity contribution < 1.29 is 19.7 Å². The highest BCUT2D eigenvalue weighted by atomic mass is 16.5. The number of hydrogen-bond donors (Lipinski definition) is 2. The molecule has 2 N–H and O–H groups in total. The van der Waals surface area contributed by atoms with Crippen molar-refractivity contribution in [3.8, 4) is 5.75 Å². The van der Waals surface area contributed by atoms with Crippen molar-refractivity contribution in [1.29, 1.82) is 0 Å². The third-order valence-electron chi connectivity index (χ3n) is 2.41. The molecule has 0 amide bonds. The number of phenols is 1. The van der Waals surface area contributed by atoms with Crippen LogP contribution in [-0.2, 0) is 9.53 Å². The van der Waals surface area contributed by atoms with E-state index in [0.717, 1.165) is 5.56 Å². The van der Waals surface area contributed by atoms with E-state index in [1.54, 1.807) is 18.2 Å². The highest BCUT2D eigenvalue weighted by Crippen LogP contribution is 2.12. The Morgan fingerprint density at radius 3 is 2.55 bits per heavy atom. The van der Waals surface area contributed by atoms with Gasteiger partial charge in [-0.05, 0) is 30.7 Å². The lowest BCUT2D eigenvalue weighted by atomic mass is 10.1. The van der Waals surface area contributed by atoms with Crippen LogP contribution in [-0.4, -0.2) is 36.1 Å². The van der Waals surface area contributed by atoms with Gasteiger partial charge in [-0.2, -0.15) is 0 Å². The Hall–Kier alpha value is -2.56. The minimum absolute atomic E-state index is 0.00983. The fourth-order valence-electron chi connectivity index (χ4n) is 1.37. The molecular weight excluding hydrogens is 258 g/mol. The van der Waals surface area contributed by atoms with Gasteiger partial charge in [0.05, 0.1) is 7.11 Å². The Labute approximate surface area is 117 Å². The van der Waals surface area contributed by atoms with Crippen molar-refractivity contribution in [3.63, 3.8) is 0 Å². The number of aromatic hydroxyl groups is 1. The minimum Gasteiger partial charge on any atom is -0.508 e. The van der Waals surface area contributed by atoms with Gasteiger partial charge in [0.15, 0.2) is 0 Å². The van der Waals surface area contributed by atoms with Crippen molar-refractivity contribution in [2.45, 2.75) is 6.92 Å². The molecule has 0 bridgehead atoms. The molecule has 0 unspecified atom stereocenters. The molecule has 0 saturated heterocycles. The summed E-state index contributed by atoms with van der Waals surface area (Å²) in [6.45, 7) is 2.31. The summed E-state index contributed by atoms with van der Waals surface area (Å²) in [6.07, 6.45) is 4.26. The van der Waals surface area contributed by atoms with E-state index in [9.17, 15) is 9.90 Å². The van der Waals surface area contributed by atoms with Gasteiger partial charge >= 0.3 is 5.97 Å². The second kappa shape index (κ2) is 7.78. The largest absolute Gasteiger partial charge is 0.508 e. The maximum atomic E-state index is 11.5. The molecule has 0 atom stereocenters. The normalized spacial score (nSPS) is 12.7. The Bertz CT molecular complexity index is 541. The number of aliphatic hydroxyl groups is 1. The standard InChI is InChI=1S/C15H17NO4/c1-3-16-10-13(15(19)20-2)14(18)9-6-11-4-7-12(17)8-5-11/h4-10,17-18H,3H2,1-2H3/b9-6?,14-13+,16-10?. The van der Waals surface area contributed by atoms with Crippen LogP contribution in [0.15, 0.2) is 46.7 Å². The third-order valence-corrected chi connectivity index (χ3v) is 2.41. The smallest absolute Gasteiger partial charge is 0.343 e. The lowest BCUT2D eigenvalue weighted by Crippen LogP contribution is -2.08. The second-order valence-corrected chi connectivity index (χ2v) is 3.84. The van der Waals surface area contributed by atoms with Crippen LogP contribution in [0.25, 0.3) is 6.08 Å². The van der Waals surface area contributed by atoms with Crippen LogP contribution in [0.3, 0.4) is 0 Å². The fourth-order valence-corrected chi connectivity index (χ4v) is 1.37. The first-order valence-corrected chi connectivity index (χ1v) is 6.07. The number of esters is 1. The van der Waals surface area contributed by atoms with Gasteiger partial charge in [-0.15, -0.1) is 0 Å². The maximum absolute atomic E-state index is 11.5. The number of ether oxygens (including phenoxy) is 1. The molecule has 0 aliphatic carbocycles. The van der Waals surface area contributed by atoms with Crippen LogP contribution in [0.5, 0.6) is 5.75 Å². The van der Waals surface area contributed by atoms with Crippen LogP contribution in [0.4, 0.5) is 0 Å². The second-order valence-electron chi connectivity index (χ2n) is 3.84. The number of nitrogens with zero attached hydrogens (tertiary/aromatic N) is 1. The molecular formula is C15H17NO4. The van der Waals surface area contributed by atoms with E-state index >= 15 is 0 Å². The van der Waals surface area contributed by atoms with Gasteiger partial charge in [0.1, 0.15) is 17.1 Å². The number of benzene rings is 1. The molecule has 1 aromatic carbocycles. The Morgan fingerprint density at radius 1 is 1.35 bits per heavy atom. The summed E-state index contributed by atoms with van der Waals surface area (Å²) in [7, 11) is 1.24. The lowest BCUT2D eigenvalue weighted by Gasteiger charge is -2.01. The summed E-state index contributed by atoms with van der Waals surface area (Å²) in [4.78, 5) is 15.4. The number of allylic oxidation sites excluding steroid dienone is 1. The number of carbonyl (C=O) groups excluding carboxylic acids is 1. The molecule has 0 aliphatic rings. The molecule has 106 valence electrons. The summed E-state index contributed by atoms with van der Waals surface area (Å²) >= 11 is 0. The highest BCUT2D eigenvalue weighted by molar-refractivity contribution is 6.10.